The summed E-state index contributed by atoms with van der Waals surface area (Å²) in [4.78, 5) is 15.8. The number of aliphatic hydroxyl groups excluding tert-OH is 1. The van der Waals surface area contributed by atoms with E-state index in [4.69, 9.17) is 0 Å². The van der Waals surface area contributed by atoms with Gasteiger partial charge in [0.15, 0.2) is 0 Å². The predicted molar refractivity (Wildman–Crippen MR) is 107 cm³/mol. The average Bonchev–Trinajstić information content (AvgIpc) is 2.74. The van der Waals surface area contributed by atoms with Crippen LogP contribution in [0.5, 0.6) is 0 Å². The van der Waals surface area contributed by atoms with Gasteiger partial charge in [0.05, 0.1) is 23.2 Å². The highest BCUT2D eigenvalue weighted by molar-refractivity contribution is 5.92. The zero-order valence-electron chi connectivity index (χ0n) is 16.0. The second kappa shape index (κ2) is 7.26. The number of hydrogen-bond acceptors (Lipinski definition) is 3. The first-order valence-corrected chi connectivity index (χ1v) is 9.77. The van der Waals surface area contributed by atoms with Crippen LogP contribution >= 0.6 is 0 Å². The minimum absolute atomic E-state index is 0.0188. The van der Waals surface area contributed by atoms with Crippen LogP contribution in [0.3, 0.4) is 0 Å². The molecule has 1 aliphatic heterocycles. The van der Waals surface area contributed by atoms with E-state index < -0.39 is 11.5 Å². The molecule has 2 aromatic carbocycles. The maximum Gasteiger partial charge on any atom is 0.237 e. The number of rotatable bonds is 3. The van der Waals surface area contributed by atoms with Gasteiger partial charge in [0.25, 0.3) is 0 Å². The lowest BCUT2D eigenvalue weighted by Gasteiger charge is -2.51. The molecule has 142 valence electrons. The molecule has 1 heterocycles. The summed E-state index contributed by atoms with van der Waals surface area (Å²) < 4.78 is 0. The molecule has 0 bridgehead atoms. The smallest absolute Gasteiger partial charge is 0.237 e. The van der Waals surface area contributed by atoms with E-state index in [9.17, 15) is 15.2 Å². The van der Waals surface area contributed by atoms with Crippen molar-refractivity contribution in [2.75, 3.05) is 6.54 Å². The highest BCUT2D eigenvalue weighted by atomic mass is 16.3. The number of fused-ring (bicyclic) bond motifs is 1. The average molecular weight is 372 g/mol. The molecule has 28 heavy (non-hydrogen) atoms. The first kappa shape index (κ1) is 18.5. The second-order valence-corrected chi connectivity index (χ2v) is 7.86. The number of hydrogen-bond donors (Lipinski definition) is 1. The number of aliphatic hydroxyl groups is 1. The highest BCUT2D eigenvalue weighted by Crippen LogP contribution is 2.50. The fourth-order valence-electron chi connectivity index (χ4n) is 4.91. The first-order chi connectivity index (χ1) is 13.6. The Morgan fingerprint density at radius 2 is 1.79 bits per heavy atom. The number of benzene rings is 2. The van der Waals surface area contributed by atoms with Gasteiger partial charge in [0.2, 0.25) is 5.91 Å². The molecule has 1 saturated heterocycles. The van der Waals surface area contributed by atoms with E-state index in [1.165, 1.54) is 0 Å². The van der Waals surface area contributed by atoms with Crippen molar-refractivity contribution in [3.05, 3.63) is 83.4 Å². The molecule has 4 rings (SSSR count). The van der Waals surface area contributed by atoms with Crippen molar-refractivity contribution >= 4 is 5.91 Å². The number of carbonyl (C=O) groups is 1. The number of likely N-dealkylation sites (tertiary alicyclic amines) is 1. The molecule has 2 aliphatic rings. The van der Waals surface area contributed by atoms with Crippen molar-refractivity contribution in [1.29, 1.82) is 5.26 Å². The number of nitriles is 1. The minimum atomic E-state index is -0.905. The molecule has 1 fully saturated rings. The molecule has 1 aliphatic carbocycles. The molecule has 0 radical (unpaired) electrons. The van der Waals surface area contributed by atoms with Crippen molar-refractivity contribution in [2.45, 2.75) is 31.4 Å². The van der Waals surface area contributed by atoms with Gasteiger partial charge < -0.3 is 10.0 Å². The maximum atomic E-state index is 13.9. The van der Waals surface area contributed by atoms with Crippen LogP contribution < -0.4 is 0 Å². The Labute approximate surface area is 165 Å². The standard InChI is InChI=1S/C24H24N2O2/c1-17-21-12-13-26(16-18-8-4-2-5-9-18)23(28)24(21,14-19(15-25)22(17)27)20-10-6-3-7-11-20/h2-11,14,17,21-22,27H,12-13,16H2,1H3/t17-,21-,22?,24+/m0/s1. The van der Waals surface area contributed by atoms with Gasteiger partial charge in [-0.1, -0.05) is 67.6 Å². The van der Waals surface area contributed by atoms with Crippen molar-refractivity contribution < 1.29 is 9.90 Å². The van der Waals surface area contributed by atoms with E-state index in [1.807, 2.05) is 72.5 Å². The van der Waals surface area contributed by atoms with Crippen LogP contribution in [0.15, 0.2) is 72.3 Å². The SMILES string of the molecule is C[C@@H]1C(O)C(C#N)=C[C@]2(c3ccccc3)C(=O)N(Cc3ccccc3)CC[C@@H]12. The Morgan fingerprint density at radius 3 is 2.43 bits per heavy atom. The van der Waals surface area contributed by atoms with Gasteiger partial charge >= 0.3 is 0 Å². The molecular formula is C24H24N2O2. The largest absolute Gasteiger partial charge is 0.387 e. The summed E-state index contributed by atoms with van der Waals surface area (Å²) in [6.45, 7) is 3.16. The van der Waals surface area contributed by atoms with Gasteiger partial charge in [-0.05, 0) is 35.5 Å². The van der Waals surface area contributed by atoms with Crippen LogP contribution in [0.25, 0.3) is 0 Å². The van der Waals surface area contributed by atoms with E-state index in [1.54, 1.807) is 6.08 Å². The summed E-state index contributed by atoms with van der Waals surface area (Å²) in [7, 11) is 0. The van der Waals surface area contributed by atoms with Crippen LogP contribution in [0.1, 0.15) is 24.5 Å². The van der Waals surface area contributed by atoms with Crippen LogP contribution in [0.4, 0.5) is 0 Å². The van der Waals surface area contributed by atoms with Gasteiger partial charge in [-0.15, -0.1) is 0 Å². The highest BCUT2D eigenvalue weighted by Gasteiger charge is 2.56. The summed E-state index contributed by atoms with van der Waals surface area (Å²) in [5.74, 6) is -0.186. The maximum absolute atomic E-state index is 13.9. The quantitative estimate of drug-likeness (QED) is 0.898. The molecule has 1 unspecified atom stereocenters. The third kappa shape index (κ3) is 2.83. The topological polar surface area (TPSA) is 64.3 Å². The number of nitrogens with zero attached hydrogens (tertiary/aromatic N) is 2. The molecular weight excluding hydrogens is 348 g/mol. The molecule has 2 aromatic rings. The first-order valence-electron chi connectivity index (χ1n) is 9.77. The monoisotopic (exact) mass is 372 g/mol. The molecule has 1 N–H and O–H groups in total. The third-order valence-corrected chi connectivity index (χ3v) is 6.37. The Hall–Kier alpha value is -2.90. The van der Waals surface area contributed by atoms with E-state index in [2.05, 4.69) is 6.07 Å². The van der Waals surface area contributed by atoms with E-state index in [-0.39, 0.29) is 17.7 Å². The van der Waals surface area contributed by atoms with Crippen molar-refractivity contribution in [2.24, 2.45) is 11.8 Å². The Kier molecular flexibility index (Phi) is 4.78. The lowest BCUT2D eigenvalue weighted by molar-refractivity contribution is -0.145. The number of carbonyl (C=O) groups excluding carboxylic acids is 1. The fraction of sp³-hybridized carbons (Fsp3) is 0.333. The van der Waals surface area contributed by atoms with Crippen molar-refractivity contribution in [1.82, 2.24) is 4.90 Å². The normalized spacial score (nSPS) is 29.6. The van der Waals surface area contributed by atoms with Crippen LogP contribution in [-0.4, -0.2) is 28.6 Å². The summed E-state index contributed by atoms with van der Waals surface area (Å²) in [6, 6.07) is 21.8. The van der Waals surface area contributed by atoms with Crippen LogP contribution in [-0.2, 0) is 16.8 Å². The van der Waals surface area contributed by atoms with Gasteiger partial charge in [0.1, 0.15) is 0 Å². The Bertz CT molecular complexity index is 932. The van der Waals surface area contributed by atoms with E-state index >= 15 is 0 Å². The van der Waals surface area contributed by atoms with Gasteiger partial charge in [-0.3, -0.25) is 4.79 Å². The zero-order chi connectivity index (χ0) is 19.7. The van der Waals surface area contributed by atoms with E-state index in [0.29, 0.717) is 18.7 Å². The summed E-state index contributed by atoms with van der Waals surface area (Å²) >= 11 is 0. The molecule has 0 spiro atoms. The third-order valence-electron chi connectivity index (χ3n) is 6.37. The Balaban J connectivity index is 1.83. The minimum Gasteiger partial charge on any atom is -0.387 e. The molecule has 4 atom stereocenters. The van der Waals surface area contributed by atoms with Crippen LogP contribution in [0.2, 0.25) is 0 Å². The van der Waals surface area contributed by atoms with Gasteiger partial charge in [0, 0.05) is 13.1 Å². The fourth-order valence-corrected chi connectivity index (χ4v) is 4.91. The van der Waals surface area contributed by atoms with E-state index in [0.717, 1.165) is 17.5 Å². The lowest BCUT2D eigenvalue weighted by Crippen LogP contribution is -2.59. The molecule has 0 saturated carbocycles. The Morgan fingerprint density at radius 1 is 1.14 bits per heavy atom. The number of amides is 1. The lowest BCUT2D eigenvalue weighted by atomic mass is 9.56. The molecule has 1 amide bonds. The predicted octanol–water partition coefficient (Wildman–Crippen LogP) is 3.43. The molecule has 4 nitrogen and oxygen atoms in total. The van der Waals surface area contributed by atoms with Gasteiger partial charge in [-0.25, -0.2) is 0 Å². The van der Waals surface area contributed by atoms with Crippen molar-refractivity contribution in [3.63, 3.8) is 0 Å². The molecule has 0 aromatic heterocycles. The van der Waals surface area contributed by atoms with Gasteiger partial charge in [-0.2, -0.15) is 5.26 Å². The van der Waals surface area contributed by atoms with Crippen LogP contribution in [0, 0.1) is 23.2 Å². The summed E-state index contributed by atoms with van der Waals surface area (Å²) in [5.41, 5.74) is 1.38. The second-order valence-electron chi connectivity index (χ2n) is 7.86. The van der Waals surface area contributed by atoms with Crippen molar-refractivity contribution in [3.8, 4) is 6.07 Å². The summed E-state index contributed by atoms with van der Waals surface area (Å²) in [6.07, 6.45) is 1.72. The number of piperidine rings is 1. The zero-order valence-corrected chi connectivity index (χ0v) is 16.0. The molecule has 4 heteroatoms. The summed E-state index contributed by atoms with van der Waals surface area (Å²) in [5, 5.41) is 20.2.